The number of hydroxylamine groups is 2. The maximum Gasteiger partial charge on any atom is 0.185 e. The Hall–Kier alpha value is -1.39. The molecule has 1 aromatic rings. The zero-order valence-corrected chi connectivity index (χ0v) is 13.3. The normalized spacial score (nSPS) is 26.0. The third kappa shape index (κ3) is 3.68. The highest BCUT2D eigenvalue weighted by Gasteiger charge is 2.35. The van der Waals surface area contributed by atoms with E-state index >= 15 is 0 Å². The number of hydrogen-bond donors (Lipinski definition) is 1. The van der Waals surface area contributed by atoms with Crippen molar-refractivity contribution in [1.82, 2.24) is 5.06 Å². The molecular formula is C18H26N2O2. The number of aryl methyl sites for hydroxylation is 1. The van der Waals surface area contributed by atoms with Crippen LogP contribution in [0.5, 0.6) is 0 Å². The molecule has 0 radical (unpaired) electrons. The minimum atomic E-state index is -0.242. The highest BCUT2D eigenvalue weighted by atomic mass is 16.5. The Bertz CT molecular complexity index is 497. The lowest BCUT2D eigenvalue weighted by atomic mass is 9.95. The standard InChI is InChI=1S/C18H26N2O2/c1-14-18(20(21)16-10-6-3-7-11-16)19-17(22-14)13-12-15-8-4-2-5-9-15/h2,4-5,8-9,14,16,18,21H,3,6-7,10-13H2,1H3. The summed E-state index contributed by atoms with van der Waals surface area (Å²) in [6, 6.07) is 10.6. The van der Waals surface area contributed by atoms with Crippen LogP contribution in [0.3, 0.4) is 0 Å². The number of aliphatic imine (C=N–C) groups is 1. The molecule has 4 nitrogen and oxygen atoms in total. The first-order valence-electron chi connectivity index (χ1n) is 8.48. The molecule has 22 heavy (non-hydrogen) atoms. The first kappa shape index (κ1) is 15.5. The Kier molecular flexibility index (Phi) is 5.11. The summed E-state index contributed by atoms with van der Waals surface area (Å²) in [5, 5.41) is 12.0. The van der Waals surface area contributed by atoms with Gasteiger partial charge in [-0.05, 0) is 31.7 Å². The summed E-state index contributed by atoms with van der Waals surface area (Å²) in [7, 11) is 0. The van der Waals surface area contributed by atoms with Gasteiger partial charge in [0.25, 0.3) is 0 Å². The number of benzene rings is 1. The zero-order valence-electron chi connectivity index (χ0n) is 13.3. The van der Waals surface area contributed by atoms with E-state index < -0.39 is 0 Å². The molecular weight excluding hydrogens is 276 g/mol. The molecule has 2 atom stereocenters. The van der Waals surface area contributed by atoms with Crippen LogP contribution in [0.25, 0.3) is 0 Å². The van der Waals surface area contributed by atoms with E-state index in [9.17, 15) is 5.21 Å². The summed E-state index contributed by atoms with van der Waals surface area (Å²) in [5.74, 6) is 0.774. The van der Waals surface area contributed by atoms with E-state index in [0.717, 1.165) is 31.6 Å². The summed E-state index contributed by atoms with van der Waals surface area (Å²) in [6.07, 6.45) is 7.22. The van der Waals surface area contributed by atoms with Crippen molar-refractivity contribution in [2.75, 3.05) is 0 Å². The molecule has 1 aromatic carbocycles. The predicted molar refractivity (Wildman–Crippen MR) is 87.0 cm³/mol. The van der Waals surface area contributed by atoms with Crippen molar-refractivity contribution >= 4 is 5.90 Å². The van der Waals surface area contributed by atoms with Gasteiger partial charge in [0.2, 0.25) is 0 Å². The fourth-order valence-electron chi connectivity index (χ4n) is 3.41. The fraction of sp³-hybridized carbons (Fsp3) is 0.611. The Morgan fingerprint density at radius 1 is 1.14 bits per heavy atom. The van der Waals surface area contributed by atoms with E-state index in [0.29, 0.717) is 0 Å². The molecule has 0 spiro atoms. The molecule has 0 aromatic heterocycles. The van der Waals surface area contributed by atoms with Crippen molar-refractivity contribution in [3.05, 3.63) is 35.9 Å². The highest BCUT2D eigenvalue weighted by Crippen LogP contribution is 2.27. The monoisotopic (exact) mass is 302 g/mol. The molecule has 0 bridgehead atoms. The van der Waals surface area contributed by atoms with Gasteiger partial charge in [-0.25, -0.2) is 4.99 Å². The van der Waals surface area contributed by atoms with Gasteiger partial charge in [-0.15, -0.1) is 0 Å². The van der Waals surface area contributed by atoms with Crippen LogP contribution in [0, 0.1) is 0 Å². The van der Waals surface area contributed by atoms with Gasteiger partial charge in [0.15, 0.2) is 12.1 Å². The second-order valence-corrected chi connectivity index (χ2v) is 6.42. The molecule has 2 aliphatic rings. The van der Waals surface area contributed by atoms with Gasteiger partial charge in [-0.2, -0.15) is 5.06 Å². The smallest absolute Gasteiger partial charge is 0.185 e. The van der Waals surface area contributed by atoms with Gasteiger partial charge >= 0.3 is 0 Å². The Balaban J connectivity index is 1.57. The second kappa shape index (κ2) is 7.25. The molecule has 120 valence electrons. The maximum atomic E-state index is 10.5. The van der Waals surface area contributed by atoms with E-state index in [1.54, 1.807) is 0 Å². The van der Waals surface area contributed by atoms with Gasteiger partial charge in [0.05, 0.1) is 0 Å². The third-order valence-electron chi connectivity index (χ3n) is 4.71. The van der Waals surface area contributed by atoms with E-state index in [2.05, 4.69) is 29.3 Å². The summed E-state index contributed by atoms with van der Waals surface area (Å²) < 4.78 is 5.86. The van der Waals surface area contributed by atoms with Crippen molar-refractivity contribution in [1.29, 1.82) is 0 Å². The van der Waals surface area contributed by atoms with Gasteiger partial charge < -0.3 is 9.94 Å². The third-order valence-corrected chi connectivity index (χ3v) is 4.71. The van der Waals surface area contributed by atoms with Crippen LogP contribution in [0.15, 0.2) is 35.3 Å². The van der Waals surface area contributed by atoms with Crippen LogP contribution >= 0.6 is 0 Å². The number of hydrogen-bond acceptors (Lipinski definition) is 4. The molecule has 3 rings (SSSR count). The topological polar surface area (TPSA) is 45.1 Å². The minimum absolute atomic E-state index is 0.0716. The summed E-state index contributed by atoms with van der Waals surface area (Å²) in [5.41, 5.74) is 1.29. The Morgan fingerprint density at radius 2 is 1.86 bits per heavy atom. The quantitative estimate of drug-likeness (QED) is 0.842. The number of nitrogens with zero attached hydrogens (tertiary/aromatic N) is 2. The van der Waals surface area contributed by atoms with Gasteiger partial charge in [-0.1, -0.05) is 49.6 Å². The van der Waals surface area contributed by atoms with E-state index in [4.69, 9.17) is 4.74 Å². The molecule has 1 heterocycles. The van der Waals surface area contributed by atoms with Crippen LogP contribution in [0.1, 0.15) is 51.0 Å². The van der Waals surface area contributed by atoms with Crippen molar-refractivity contribution in [3.8, 4) is 0 Å². The van der Waals surface area contributed by atoms with Crippen molar-refractivity contribution < 1.29 is 9.94 Å². The molecule has 1 aliphatic carbocycles. The van der Waals surface area contributed by atoms with Gasteiger partial charge in [0, 0.05) is 12.5 Å². The largest absolute Gasteiger partial charge is 0.474 e. The van der Waals surface area contributed by atoms with Crippen molar-refractivity contribution in [2.24, 2.45) is 4.99 Å². The molecule has 2 unspecified atom stereocenters. The summed E-state index contributed by atoms with van der Waals surface area (Å²) in [6.45, 7) is 2.00. The number of rotatable bonds is 5. The predicted octanol–water partition coefficient (Wildman–Crippen LogP) is 3.79. The lowest BCUT2D eigenvalue weighted by Gasteiger charge is -2.32. The van der Waals surface area contributed by atoms with E-state index in [1.165, 1.54) is 29.9 Å². The lowest BCUT2D eigenvalue weighted by Crippen LogP contribution is -2.44. The van der Waals surface area contributed by atoms with Gasteiger partial charge in [-0.3, -0.25) is 0 Å². The van der Waals surface area contributed by atoms with Gasteiger partial charge in [0.1, 0.15) is 6.10 Å². The zero-order chi connectivity index (χ0) is 15.4. The molecule has 1 fully saturated rings. The first-order valence-corrected chi connectivity index (χ1v) is 8.48. The molecule has 0 saturated heterocycles. The Morgan fingerprint density at radius 3 is 2.59 bits per heavy atom. The molecule has 0 amide bonds. The van der Waals surface area contributed by atoms with Crippen LogP contribution in [0.2, 0.25) is 0 Å². The number of ether oxygens (including phenoxy) is 1. The summed E-state index contributed by atoms with van der Waals surface area (Å²) in [4.78, 5) is 4.63. The van der Waals surface area contributed by atoms with Crippen LogP contribution < -0.4 is 0 Å². The Labute approximate surface area is 132 Å². The van der Waals surface area contributed by atoms with E-state index in [1.807, 2.05) is 13.0 Å². The van der Waals surface area contributed by atoms with Crippen LogP contribution in [0.4, 0.5) is 0 Å². The maximum absolute atomic E-state index is 10.5. The SMILES string of the molecule is CC1OC(CCc2ccccc2)=NC1N(O)C1CCCCC1. The molecule has 4 heteroatoms. The highest BCUT2D eigenvalue weighted by molar-refractivity contribution is 5.78. The molecule has 1 saturated carbocycles. The second-order valence-electron chi connectivity index (χ2n) is 6.42. The average Bonchev–Trinajstić information content (AvgIpc) is 2.95. The van der Waals surface area contributed by atoms with Crippen molar-refractivity contribution in [2.45, 2.75) is 70.2 Å². The summed E-state index contributed by atoms with van der Waals surface area (Å²) >= 11 is 0. The molecule has 1 N–H and O–H groups in total. The van der Waals surface area contributed by atoms with Crippen LogP contribution in [-0.4, -0.2) is 34.5 Å². The fourth-order valence-corrected chi connectivity index (χ4v) is 3.41. The van der Waals surface area contributed by atoms with Crippen LogP contribution in [-0.2, 0) is 11.2 Å². The van der Waals surface area contributed by atoms with Crippen molar-refractivity contribution in [3.63, 3.8) is 0 Å². The average molecular weight is 302 g/mol. The first-order chi connectivity index (χ1) is 10.7. The minimum Gasteiger partial charge on any atom is -0.474 e. The molecule has 1 aliphatic heterocycles. The van der Waals surface area contributed by atoms with E-state index in [-0.39, 0.29) is 18.3 Å². The lowest BCUT2D eigenvalue weighted by molar-refractivity contribution is -0.177.